The van der Waals surface area contributed by atoms with Crippen molar-refractivity contribution in [3.63, 3.8) is 0 Å². The van der Waals surface area contributed by atoms with Crippen LogP contribution in [0.3, 0.4) is 0 Å². The smallest absolute Gasteiger partial charge is 0.190 e. The summed E-state index contributed by atoms with van der Waals surface area (Å²) in [6, 6.07) is 0. The Morgan fingerprint density at radius 1 is 1.50 bits per heavy atom. The summed E-state index contributed by atoms with van der Waals surface area (Å²) < 4.78 is 4.90. The van der Waals surface area contributed by atoms with Gasteiger partial charge in [0.2, 0.25) is 0 Å². The van der Waals surface area contributed by atoms with Crippen LogP contribution in [0.4, 0.5) is 0 Å². The van der Waals surface area contributed by atoms with Crippen LogP contribution in [0.25, 0.3) is 0 Å². The summed E-state index contributed by atoms with van der Waals surface area (Å²) in [7, 11) is 0. The van der Waals surface area contributed by atoms with E-state index in [1.807, 2.05) is 0 Å². The number of hydrogen-bond donors (Lipinski definition) is 0. The van der Waals surface area contributed by atoms with E-state index in [-0.39, 0.29) is 0 Å². The second-order valence-electron chi connectivity index (χ2n) is 2.69. The first-order valence-corrected chi connectivity index (χ1v) is 3.79. The first kappa shape index (κ1) is 7.98. The van der Waals surface area contributed by atoms with E-state index in [1.54, 1.807) is 0 Å². The third-order valence-electron chi connectivity index (χ3n) is 1.69. The molecule has 0 aromatic rings. The van der Waals surface area contributed by atoms with Crippen molar-refractivity contribution in [2.45, 2.75) is 26.1 Å². The highest BCUT2D eigenvalue weighted by atomic mass is 16.6. The summed E-state index contributed by atoms with van der Waals surface area (Å²) >= 11 is 0. The molecule has 0 N–H and O–H groups in total. The van der Waals surface area contributed by atoms with Crippen LogP contribution in [0.2, 0.25) is 0 Å². The van der Waals surface area contributed by atoms with Crippen molar-refractivity contribution < 1.29 is 9.84 Å². The second kappa shape index (κ2) is 3.91. The van der Waals surface area contributed by atoms with Gasteiger partial charge in [0.05, 0.1) is 0 Å². The fourth-order valence-electron chi connectivity index (χ4n) is 1.12. The van der Waals surface area contributed by atoms with E-state index >= 15 is 0 Å². The van der Waals surface area contributed by atoms with Crippen molar-refractivity contribution in [3.8, 4) is 0 Å². The highest BCUT2D eigenvalue weighted by molar-refractivity contribution is 4.61. The topological polar surface area (TPSA) is 32.4 Å². The lowest BCUT2D eigenvalue weighted by Gasteiger charge is -2.14. The maximum atomic E-state index is 10.4. The fraction of sp³-hybridized carbons (Fsp3) is 1.00. The average molecular weight is 144 g/mol. The minimum atomic E-state index is -0.874. The number of ether oxygens (including phenoxy) is 1. The van der Waals surface area contributed by atoms with Crippen molar-refractivity contribution >= 4 is 0 Å². The van der Waals surface area contributed by atoms with Gasteiger partial charge >= 0.3 is 0 Å². The Hall–Kier alpha value is -0.120. The molecule has 3 heteroatoms. The Bertz CT molecular complexity index is 89.6. The predicted octanol–water partition coefficient (Wildman–Crippen LogP) is 0.833. The highest BCUT2D eigenvalue weighted by Gasteiger charge is 2.11. The molecule has 1 aliphatic rings. The second-order valence-corrected chi connectivity index (χ2v) is 2.69. The monoisotopic (exact) mass is 144 g/mol. The molecular weight excluding hydrogens is 130 g/mol. The molecule has 0 spiro atoms. The van der Waals surface area contributed by atoms with Crippen molar-refractivity contribution in [1.29, 1.82) is 0 Å². The van der Waals surface area contributed by atoms with Gasteiger partial charge in [-0.25, -0.2) is 5.11 Å². The number of likely N-dealkylation sites (tertiary alicyclic amines) is 1. The molecule has 1 radical (unpaired) electrons. The normalized spacial score (nSPS) is 23.4. The zero-order valence-electron chi connectivity index (χ0n) is 6.38. The molecule has 1 rings (SSSR count). The zero-order chi connectivity index (χ0) is 7.40. The van der Waals surface area contributed by atoms with E-state index < -0.39 is 6.29 Å². The first-order chi connectivity index (χ1) is 4.79. The third kappa shape index (κ3) is 2.64. The molecule has 1 heterocycles. The summed E-state index contributed by atoms with van der Waals surface area (Å²) in [5.74, 6) is 0. The zero-order valence-corrected chi connectivity index (χ0v) is 6.38. The van der Waals surface area contributed by atoms with Crippen molar-refractivity contribution in [1.82, 2.24) is 4.90 Å². The molecule has 59 valence electrons. The van der Waals surface area contributed by atoms with Crippen LogP contribution in [0.1, 0.15) is 19.8 Å². The molecule has 3 nitrogen and oxygen atoms in total. The standard InChI is InChI=1S/C7H14NO2/c1-7(9)10-6-8-4-2-3-5-8/h7H,2-6H2,1H3. The first-order valence-electron chi connectivity index (χ1n) is 3.79. The Labute approximate surface area is 61.6 Å². The lowest BCUT2D eigenvalue weighted by atomic mass is 10.4. The molecule has 1 fully saturated rings. The minimum Gasteiger partial charge on any atom is -0.334 e. The Morgan fingerprint density at radius 2 is 2.10 bits per heavy atom. The molecule has 1 aliphatic heterocycles. The predicted molar refractivity (Wildman–Crippen MR) is 36.9 cm³/mol. The van der Waals surface area contributed by atoms with Gasteiger partial charge in [-0.2, -0.15) is 0 Å². The van der Waals surface area contributed by atoms with E-state index in [0.717, 1.165) is 13.1 Å². The van der Waals surface area contributed by atoms with Gasteiger partial charge in [-0.15, -0.1) is 0 Å². The largest absolute Gasteiger partial charge is 0.334 e. The van der Waals surface area contributed by atoms with Crippen LogP contribution in [0, 0.1) is 0 Å². The molecule has 1 atom stereocenters. The summed E-state index contributed by atoms with van der Waals surface area (Å²) in [6.45, 7) is 4.22. The summed E-state index contributed by atoms with van der Waals surface area (Å²) in [5, 5.41) is 10.4. The molecule has 0 aliphatic carbocycles. The van der Waals surface area contributed by atoms with Crippen LogP contribution in [0.15, 0.2) is 0 Å². The molecule has 0 saturated carbocycles. The minimum absolute atomic E-state index is 0.519. The molecule has 0 amide bonds. The van der Waals surface area contributed by atoms with Crippen LogP contribution < -0.4 is 0 Å². The van der Waals surface area contributed by atoms with Gasteiger partial charge in [0, 0.05) is 13.1 Å². The quantitative estimate of drug-likeness (QED) is 0.549. The lowest BCUT2D eigenvalue weighted by molar-refractivity contribution is -0.152. The molecule has 0 aromatic heterocycles. The van der Waals surface area contributed by atoms with Gasteiger partial charge in [-0.3, -0.25) is 4.90 Å². The van der Waals surface area contributed by atoms with Crippen molar-refractivity contribution in [2.75, 3.05) is 19.8 Å². The van der Waals surface area contributed by atoms with Gasteiger partial charge in [-0.1, -0.05) is 0 Å². The molecule has 1 unspecified atom stereocenters. The van der Waals surface area contributed by atoms with Gasteiger partial charge in [0.15, 0.2) is 6.29 Å². The molecule has 1 saturated heterocycles. The van der Waals surface area contributed by atoms with Crippen molar-refractivity contribution in [2.24, 2.45) is 0 Å². The Balaban J connectivity index is 2.01. The van der Waals surface area contributed by atoms with Crippen LogP contribution in [0.5, 0.6) is 0 Å². The Kier molecular flexibility index (Phi) is 3.12. The van der Waals surface area contributed by atoms with Gasteiger partial charge in [0.1, 0.15) is 6.73 Å². The number of rotatable bonds is 3. The van der Waals surface area contributed by atoms with E-state index in [9.17, 15) is 5.11 Å². The molecule has 0 bridgehead atoms. The SMILES string of the molecule is CC([O])OCN1CCCC1. The molecular formula is C7H14NO2. The van der Waals surface area contributed by atoms with Crippen LogP contribution >= 0.6 is 0 Å². The fourth-order valence-corrected chi connectivity index (χ4v) is 1.12. The highest BCUT2D eigenvalue weighted by Crippen LogP contribution is 2.06. The van der Waals surface area contributed by atoms with Crippen LogP contribution in [-0.2, 0) is 9.84 Å². The van der Waals surface area contributed by atoms with Gasteiger partial charge in [-0.05, 0) is 19.8 Å². The molecule has 10 heavy (non-hydrogen) atoms. The number of hydrogen-bond acceptors (Lipinski definition) is 2. The third-order valence-corrected chi connectivity index (χ3v) is 1.69. The Morgan fingerprint density at radius 3 is 2.60 bits per heavy atom. The van der Waals surface area contributed by atoms with E-state index in [0.29, 0.717) is 6.73 Å². The van der Waals surface area contributed by atoms with E-state index in [1.165, 1.54) is 19.8 Å². The van der Waals surface area contributed by atoms with Gasteiger partial charge < -0.3 is 4.74 Å². The van der Waals surface area contributed by atoms with Gasteiger partial charge in [0.25, 0.3) is 0 Å². The summed E-state index contributed by atoms with van der Waals surface area (Å²) in [6.07, 6.45) is 1.62. The van der Waals surface area contributed by atoms with Crippen molar-refractivity contribution in [3.05, 3.63) is 0 Å². The lowest BCUT2D eigenvalue weighted by Crippen LogP contribution is -2.24. The van der Waals surface area contributed by atoms with E-state index in [4.69, 9.17) is 4.74 Å². The average Bonchev–Trinajstić information content (AvgIpc) is 2.34. The maximum absolute atomic E-state index is 10.4. The molecule has 0 aromatic carbocycles. The number of nitrogens with zero attached hydrogens (tertiary/aromatic N) is 1. The summed E-state index contributed by atoms with van der Waals surface area (Å²) in [5.41, 5.74) is 0. The summed E-state index contributed by atoms with van der Waals surface area (Å²) in [4.78, 5) is 2.16. The van der Waals surface area contributed by atoms with E-state index in [2.05, 4.69) is 4.90 Å². The maximum Gasteiger partial charge on any atom is 0.190 e. The van der Waals surface area contributed by atoms with Crippen LogP contribution in [-0.4, -0.2) is 31.0 Å².